The highest BCUT2D eigenvalue weighted by molar-refractivity contribution is 8.00. The lowest BCUT2D eigenvalue weighted by atomic mass is 10.1. The largest absolute Gasteiger partial charge is 0.495 e. The normalized spacial score (nSPS) is 10.2. The van der Waals surface area contributed by atoms with Crippen LogP contribution in [0.2, 0.25) is 0 Å². The second-order valence-electron chi connectivity index (χ2n) is 5.11. The quantitative estimate of drug-likeness (QED) is 0.605. The van der Waals surface area contributed by atoms with Crippen molar-refractivity contribution in [2.45, 2.75) is 5.03 Å². The zero-order valence-electron chi connectivity index (χ0n) is 13.6. The molecule has 3 rings (SSSR count). The Balaban J connectivity index is 1.74. The molecule has 0 atom stereocenters. The third-order valence-electron chi connectivity index (χ3n) is 3.44. The number of carboxylic acid groups (broad SMARTS) is 1. The van der Waals surface area contributed by atoms with E-state index in [9.17, 15) is 4.79 Å². The maximum absolute atomic E-state index is 11.0. The zero-order valence-corrected chi connectivity index (χ0v) is 15.2. The monoisotopic (exact) mass is 383 g/mol. The van der Waals surface area contributed by atoms with Crippen molar-refractivity contribution in [1.82, 2.24) is 4.98 Å². The number of ether oxygens (including phenoxy) is 1. The lowest BCUT2D eigenvalue weighted by molar-refractivity contribution is 0.0696. The number of aromatic nitrogens is 1. The standard InChI is InChI=1S/C18H13N3O3S2/c1-24-15-8-13(18(22)23)5-6-14(15)21-26-16-10-25-17(20-16)12-4-2-3-11(7-12)9-19/h2-8,10,21H,1H3,(H,22,23). The molecule has 0 aliphatic rings. The van der Waals surface area contributed by atoms with Gasteiger partial charge in [-0.3, -0.25) is 0 Å². The number of nitrogens with zero attached hydrogens (tertiary/aromatic N) is 2. The first kappa shape index (κ1) is 17.8. The van der Waals surface area contributed by atoms with E-state index in [0.29, 0.717) is 17.0 Å². The van der Waals surface area contributed by atoms with E-state index in [1.807, 2.05) is 17.5 Å². The highest BCUT2D eigenvalue weighted by atomic mass is 32.2. The number of anilines is 1. The average molecular weight is 383 g/mol. The number of methoxy groups -OCH3 is 1. The van der Waals surface area contributed by atoms with Gasteiger partial charge in [0.1, 0.15) is 15.8 Å². The van der Waals surface area contributed by atoms with Crippen molar-refractivity contribution < 1.29 is 14.6 Å². The summed E-state index contributed by atoms with van der Waals surface area (Å²) in [5, 5.41) is 21.5. The van der Waals surface area contributed by atoms with Gasteiger partial charge in [-0.05, 0) is 30.3 Å². The van der Waals surface area contributed by atoms with E-state index >= 15 is 0 Å². The van der Waals surface area contributed by atoms with Crippen LogP contribution in [0.3, 0.4) is 0 Å². The lowest BCUT2D eigenvalue weighted by Gasteiger charge is -2.10. The molecule has 0 radical (unpaired) electrons. The molecule has 0 aliphatic carbocycles. The number of hydrogen-bond acceptors (Lipinski definition) is 7. The minimum absolute atomic E-state index is 0.158. The van der Waals surface area contributed by atoms with Gasteiger partial charge in [-0.1, -0.05) is 12.1 Å². The Kier molecular flexibility index (Phi) is 5.41. The van der Waals surface area contributed by atoms with Crippen molar-refractivity contribution in [3.8, 4) is 22.4 Å². The second-order valence-corrected chi connectivity index (χ2v) is 6.79. The van der Waals surface area contributed by atoms with Crippen LogP contribution in [-0.2, 0) is 0 Å². The van der Waals surface area contributed by atoms with Gasteiger partial charge in [-0.15, -0.1) is 11.3 Å². The van der Waals surface area contributed by atoms with Crippen LogP contribution >= 0.6 is 23.3 Å². The Morgan fingerprint density at radius 3 is 2.92 bits per heavy atom. The van der Waals surface area contributed by atoms with Gasteiger partial charge < -0.3 is 14.6 Å². The number of carbonyl (C=O) groups is 1. The van der Waals surface area contributed by atoms with E-state index < -0.39 is 5.97 Å². The molecule has 0 aliphatic heterocycles. The Morgan fingerprint density at radius 2 is 2.19 bits per heavy atom. The first-order chi connectivity index (χ1) is 12.6. The van der Waals surface area contributed by atoms with Crippen LogP contribution in [0.25, 0.3) is 10.6 Å². The molecule has 3 aromatic rings. The third-order valence-corrected chi connectivity index (χ3v) is 5.22. The number of carboxylic acids is 1. The number of aromatic carboxylic acids is 1. The van der Waals surface area contributed by atoms with Crippen molar-refractivity contribution in [1.29, 1.82) is 5.26 Å². The van der Waals surface area contributed by atoms with Crippen LogP contribution in [0, 0.1) is 11.3 Å². The fourth-order valence-corrected chi connectivity index (χ4v) is 3.77. The van der Waals surface area contributed by atoms with Crippen molar-refractivity contribution in [2.24, 2.45) is 0 Å². The average Bonchev–Trinajstić information content (AvgIpc) is 3.15. The van der Waals surface area contributed by atoms with Crippen LogP contribution in [0.4, 0.5) is 5.69 Å². The van der Waals surface area contributed by atoms with Gasteiger partial charge in [0.2, 0.25) is 0 Å². The van der Waals surface area contributed by atoms with Crippen molar-refractivity contribution in [2.75, 3.05) is 11.8 Å². The van der Waals surface area contributed by atoms with Gasteiger partial charge in [0.15, 0.2) is 0 Å². The van der Waals surface area contributed by atoms with Crippen LogP contribution in [0.5, 0.6) is 5.75 Å². The van der Waals surface area contributed by atoms with E-state index in [1.165, 1.54) is 42.5 Å². The molecular formula is C18H13N3O3S2. The van der Waals surface area contributed by atoms with Gasteiger partial charge in [0, 0.05) is 22.9 Å². The summed E-state index contributed by atoms with van der Waals surface area (Å²) in [7, 11) is 1.49. The predicted molar refractivity (Wildman–Crippen MR) is 102 cm³/mol. The van der Waals surface area contributed by atoms with E-state index in [0.717, 1.165) is 15.6 Å². The van der Waals surface area contributed by atoms with Crippen LogP contribution < -0.4 is 9.46 Å². The van der Waals surface area contributed by atoms with Crippen LogP contribution in [-0.4, -0.2) is 23.2 Å². The fourth-order valence-electron chi connectivity index (χ4n) is 2.18. The molecule has 0 unspecified atom stereocenters. The Hall–Kier alpha value is -3.02. The van der Waals surface area contributed by atoms with Crippen molar-refractivity contribution >= 4 is 34.9 Å². The molecule has 2 aromatic carbocycles. The lowest BCUT2D eigenvalue weighted by Crippen LogP contribution is -1.99. The Bertz CT molecular complexity index is 995. The van der Waals surface area contributed by atoms with Crippen molar-refractivity contribution in [3.63, 3.8) is 0 Å². The van der Waals surface area contributed by atoms with E-state index in [4.69, 9.17) is 15.1 Å². The molecule has 0 bridgehead atoms. The highest BCUT2D eigenvalue weighted by Crippen LogP contribution is 2.32. The molecule has 1 aromatic heterocycles. The first-order valence-corrected chi connectivity index (χ1v) is 9.10. The molecule has 0 amide bonds. The number of rotatable bonds is 6. The summed E-state index contributed by atoms with van der Waals surface area (Å²) < 4.78 is 8.36. The topological polar surface area (TPSA) is 95.2 Å². The summed E-state index contributed by atoms with van der Waals surface area (Å²) in [5.74, 6) is -0.569. The fraction of sp³-hybridized carbons (Fsp3) is 0.0556. The summed E-state index contributed by atoms with van der Waals surface area (Å²) in [6.45, 7) is 0. The maximum atomic E-state index is 11.0. The number of benzene rings is 2. The molecule has 6 nitrogen and oxygen atoms in total. The SMILES string of the molecule is COc1cc(C(=O)O)ccc1NSc1csc(-c2cccc(C#N)c2)n1. The molecule has 0 spiro atoms. The van der Waals surface area contributed by atoms with E-state index in [2.05, 4.69) is 15.8 Å². The molecule has 26 heavy (non-hydrogen) atoms. The maximum Gasteiger partial charge on any atom is 0.335 e. The summed E-state index contributed by atoms with van der Waals surface area (Å²) in [4.78, 5) is 15.6. The van der Waals surface area contributed by atoms with E-state index in [-0.39, 0.29) is 5.56 Å². The van der Waals surface area contributed by atoms with Gasteiger partial charge in [-0.25, -0.2) is 9.78 Å². The summed E-state index contributed by atoms with van der Waals surface area (Å²) in [5.41, 5.74) is 2.30. The Labute approximate surface area is 158 Å². The zero-order chi connectivity index (χ0) is 18.5. The third kappa shape index (κ3) is 3.96. The number of hydrogen-bond donors (Lipinski definition) is 2. The second kappa shape index (κ2) is 7.91. The number of nitriles is 1. The van der Waals surface area contributed by atoms with E-state index in [1.54, 1.807) is 18.2 Å². The van der Waals surface area contributed by atoms with Crippen LogP contribution in [0.15, 0.2) is 52.9 Å². The first-order valence-electron chi connectivity index (χ1n) is 7.41. The molecule has 130 valence electrons. The smallest absolute Gasteiger partial charge is 0.335 e. The van der Waals surface area contributed by atoms with Gasteiger partial charge in [0.05, 0.1) is 30.0 Å². The van der Waals surface area contributed by atoms with Gasteiger partial charge >= 0.3 is 5.97 Å². The number of nitrogens with one attached hydrogen (secondary N) is 1. The molecule has 0 saturated carbocycles. The number of thiazole rings is 1. The summed E-state index contributed by atoms with van der Waals surface area (Å²) >= 11 is 2.78. The Morgan fingerprint density at radius 1 is 1.35 bits per heavy atom. The van der Waals surface area contributed by atoms with Gasteiger partial charge in [0.25, 0.3) is 0 Å². The molecule has 1 heterocycles. The molecule has 2 N–H and O–H groups in total. The summed E-state index contributed by atoms with van der Waals surface area (Å²) in [6.07, 6.45) is 0. The van der Waals surface area contributed by atoms with Crippen LogP contribution in [0.1, 0.15) is 15.9 Å². The highest BCUT2D eigenvalue weighted by Gasteiger charge is 2.11. The van der Waals surface area contributed by atoms with Crippen molar-refractivity contribution in [3.05, 3.63) is 59.0 Å². The van der Waals surface area contributed by atoms with Gasteiger partial charge in [-0.2, -0.15) is 5.26 Å². The predicted octanol–water partition coefficient (Wildman–Crippen LogP) is 4.51. The minimum atomic E-state index is -1.01. The minimum Gasteiger partial charge on any atom is -0.495 e. The molecule has 8 heteroatoms. The molecular weight excluding hydrogens is 370 g/mol. The summed E-state index contributed by atoms with van der Waals surface area (Å²) in [6, 6.07) is 14.0. The molecule has 0 saturated heterocycles. The molecule has 0 fully saturated rings.